The Labute approximate surface area is 136 Å². The maximum atomic E-state index is 13.5. The summed E-state index contributed by atoms with van der Waals surface area (Å²) in [5.41, 5.74) is -0.0996. The molecule has 4 nitrogen and oxygen atoms in total. The number of carbonyl (C=O) groups is 1. The standard InChI is InChI=1S/C17H25F2N3O/c1-3-22(4-2)14-7-9-21(12-14)10-8-17(23)20-16-11-13(18)5-6-15(16)19/h5-6,11,14H,3-4,7-10,12H2,1-2H3,(H,20,23). The Kier molecular flexibility index (Phi) is 6.47. The molecule has 1 heterocycles. The third kappa shape index (κ3) is 4.97. The first-order chi connectivity index (χ1) is 11.0. The van der Waals surface area contributed by atoms with Crippen molar-refractivity contribution in [3.8, 4) is 0 Å². The summed E-state index contributed by atoms with van der Waals surface area (Å²) < 4.78 is 26.6. The van der Waals surface area contributed by atoms with E-state index in [-0.39, 0.29) is 18.0 Å². The van der Waals surface area contributed by atoms with E-state index in [1.807, 2.05) is 0 Å². The van der Waals surface area contributed by atoms with Crippen LogP contribution in [0.3, 0.4) is 0 Å². The first-order valence-corrected chi connectivity index (χ1v) is 8.24. The average Bonchev–Trinajstić information content (AvgIpc) is 2.99. The molecule has 2 rings (SSSR count). The van der Waals surface area contributed by atoms with Gasteiger partial charge in [-0.05, 0) is 38.2 Å². The van der Waals surface area contributed by atoms with Gasteiger partial charge in [0.25, 0.3) is 0 Å². The minimum atomic E-state index is -0.623. The van der Waals surface area contributed by atoms with Crippen LogP contribution in [0, 0.1) is 11.6 Å². The van der Waals surface area contributed by atoms with Gasteiger partial charge in [-0.2, -0.15) is 0 Å². The number of hydrogen-bond donors (Lipinski definition) is 1. The van der Waals surface area contributed by atoms with Crippen molar-refractivity contribution in [2.24, 2.45) is 0 Å². The summed E-state index contributed by atoms with van der Waals surface area (Å²) in [7, 11) is 0. The molecule has 0 aliphatic carbocycles. The van der Waals surface area contributed by atoms with Gasteiger partial charge < -0.3 is 10.2 Å². The minimum Gasteiger partial charge on any atom is -0.323 e. The van der Waals surface area contributed by atoms with Crippen molar-refractivity contribution < 1.29 is 13.6 Å². The van der Waals surface area contributed by atoms with Gasteiger partial charge in [-0.25, -0.2) is 8.78 Å². The molecule has 1 N–H and O–H groups in total. The van der Waals surface area contributed by atoms with Crippen molar-refractivity contribution in [2.45, 2.75) is 32.7 Å². The molecule has 1 unspecified atom stereocenters. The molecule has 1 amide bonds. The zero-order valence-corrected chi connectivity index (χ0v) is 13.8. The van der Waals surface area contributed by atoms with Crippen LogP contribution >= 0.6 is 0 Å². The summed E-state index contributed by atoms with van der Waals surface area (Å²) in [5.74, 6) is -1.48. The van der Waals surface area contributed by atoms with Crippen LogP contribution in [0.25, 0.3) is 0 Å². The SMILES string of the molecule is CCN(CC)C1CCN(CCC(=O)Nc2cc(F)ccc2F)C1. The summed E-state index contributed by atoms with van der Waals surface area (Å²) in [6, 6.07) is 3.59. The quantitative estimate of drug-likeness (QED) is 0.837. The van der Waals surface area contributed by atoms with Gasteiger partial charge in [-0.1, -0.05) is 13.8 Å². The molecular weight excluding hydrogens is 300 g/mol. The molecule has 1 aromatic rings. The third-order valence-electron chi connectivity index (χ3n) is 4.43. The summed E-state index contributed by atoms with van der Waals surface area (Å²) >= 11 is 0. The first-order valence-electron chi connectivity index (χ1n) is 8.24. The van der Waals surface area contributed by atoms with Gasteiger partial charge in [0.05, 0.1) is 5.69 Å². The van der Waals surface area contributed by atoms with Crippen molar-refractivity contribution >= 4 is 11.6 Å². The third-order valence-corrected chi connectivity index (χ3v) is 4.43. The molecule has 128 valence electrons. The Hall–Kier alpha value is -1.53. The highest BCUT2D eigenvalue weighted by atomic mass is 19.1. The fourth-order valence-electron chi connectivity index (χ4n) is 3.12. The molecule has 0 saturated carbocycles. The van der Waals surface area contributed by atoms with Crippen molar-refractivity contribution in [1.29, 1.82) is 0 Å². The second kappa shape index (κ2) is 8.36. The molecule has 0 spiro atoms. The van der Waals surface area contributed by atoms with E-state index in [1.54, 1.807) is 0 Å². The van der Waals surface area contributed by atoms with E-state index in [0.717, 1.165) is 50.8 Å². The normalized spacial score (nSPS) is 18.6. The maximum absolute atomic E-state index is 13.5. The molecule has 1 aliphatic heterocycles. The van der Waals surface area contributed by atoms with Crippen LogP contribution < -0.4 is 5.32 Å². The lowest BCUT2D eigenvalue weighted by molar-refractivity contribution is -0.116. The Morgan fingerprint density at radius 3 is 2.78 bits per heavy atom. The number of carbonyl (C=O) groups excluding carboxylic acids is 1. The van der Waals surface area contributed by atoms with Crippen LogP contribution in [-0.2, 0) is 4.79 Å². The first kappa shape index (κ1) is 17.8. The van der Waals surface area contributed by atoms with Crippen molar-refractivity contribution in [1.82, 2.24) is 9.80 Å². The molecule has 1 aliphatic rings. The lowest BCUT2D eigenvalue weighted by Crippen LogP contribution is -2.37. The van der Waals surface area contributed by atoms with E-state index in [4.69, 9.17) is 0 Å². The number of nitrogens with zero attached hydrogens (tertiary/aromatic N) is 2. The van der Waals surface area contributed by atoms with Gasteiger partial charge in [-0.15, -0.1) is 0 Å². The number of amides is 1. The lowest BCUT2D eigenvalue weighted by atomic mass is 10.2. The van der Waals surface area contributed by atoms with Crippen LogP contribution in [0.2, 0.25) is 0 Å². The fourth-order valence-corrected chi connectivity index (χ4v) is 3.12. The molecule has 1 saturated heterocycles. The van der Waals surface area contributed by atoms with E-state index in [9.17, 15) is 13.6 Å². The molecule has 23 heavy (non-hydrogen) atoms. The smallest absolute Gasteiger partial charge is 0.225 e. The van der Waals surface area contributed by atoms with Gasteiger partial charge >= 0.3 is 0 Å². The molecular formula is C17H25F2N3O. The maximum Gasteiger partial charge on any atom is 0.225 e. The molecule has 1 atom stereocenters. The second-order valence-corrected chi connectivity index (χ2v) is 5.89. The van der Waals surface area contributed by atoms with Crippen LogP contribution in [0.15, 0.2) is 18.2 Å². The van der Waals surface area contributed by atoms with E-state index in [0.29, 0.717) is 12.6 Å². The zero-order valence-electron chi connectivity index (χ0n) is 13.8. The molecule has 1 aromatic carbocycles. The number of rotatable bonds is 7. The van der Waals surface area contributed by atoms with Crippen molar-refractivity contribution in [2.75, 3.05) is 38.0 Å². The van der Waals surface area contributed by atoms with Crippen molar-refractivity contribution in [3.05, 3.63) is 29.8 Å². The monoisotopic (exact) mass is 325 g/mol. The molecule has 6 heteroatoms. The largest absolute Gasteiger partial charge is 0.323 e. The topological polar surface area (TPSA) is 35.6 Å². The summed E-state index contributed by atoms with van der Waals surface area (Å²) in [4.78, 5) is 16.6. The Morgan fingerprint density at radius 2 is 2.09 bits per heavy atom. The molecule has 0 radical (unpaired) electrons. The Balaban J connectivity index is 1.78. The van der Waals surface area contributed by atoms with Gasteiger partial charge in [0.1, 0.15) is 11.6 Å². The molecule has 0 bridgehead atoms. The van der Waals surface area contributed by atoms with E-state index in [2.05, 4.69) is 29.0 Å². The van der Waals surface area contributed by atoms with Crippen molar-refractivity contribution in [3.63, 3.8) is 0 Å². The summed E-state index contributed by atoms with van der Waals surface area (Å²) in [6.07, 6.45) is 1.39. The fraction of sp³-hybridized carbons (Fsp3) is 0.588. The predicted octanol–water partition coefficient (Wildman–Crippen LogP) is 2.71. The number of nitrogens with one attached hydrogen (secondary N) is 1. The predicted molar refractivity (Wildman–Crippen MR) is 87.4 cm³/mol. The number of anilines is 1. The Bertz CT molecular complexity index is 535. The van der Waals surface area contributed by atoms with Gasteiger partial charge in [0.15, 0.2) is 0 Å². The minimum absolute atomic E-state index is 0.0996. The molecule has 0 aromatic heterocycles. The number of hydrogen-bond acceptors (Lipinski definition) is 3. The second-order valence-electron chi connectivity index (χ2n) is 5.89. The van der Waals surface area contributed by atoms with Crippen LogP contribution in [-0.4, -0.2) is 54.5 Å². The van der Waals surface area contributed by atoms with Gasteiger partial charge in [0.2, 0.25) is 5.91 Å². The number of benzene rings is 1. The number of likely N-dealkylation sites (N-methyl/N-ethyl adjacent to an activating group) is 1. The summed E-state index contributed by atoms with van der Waals surface area (Å²) in [6.45, 7) is 8.97. The average molecular weight is 325 g/mol. The number of likely N-dealkylation sites (tertiary alicyclic amines) is 1. The van der Waals surface area contributed by atoms with Gasteiger partial charge in [0, 0.05) is 31.6 Å². The highest BCUT2D eigenvalue weighted by molar-refractivity contribution is 5.90. The zero-order chi connectivity index (χ0) is 16.8. The number of halogens is 2. The van der Waals surface area contributed by atoms with Gasteiger partial charge in [-0.3, -0.25) is 9.69 Å². The molecule has 1 fully saturated rings. The van der Waals surface area contributed by atoms with E-state index >= 15 is 0 Å². The van der Waals surface area contributed by atoms with E-state index < -0.39 is 11.6 Å². The van der Waals surface area contributed by atoms with Crippen LogP contribution in [0.4, 0.5) is 14.5 Å². The van der Waals surface area contributed by atoms with E-state index in [1.165, 1.54) is 0 Å². The lowest BCUT2D eigenvalue weighted by Gasteiger charge is -2.26. The van der Waals surface area contributed by atoms with Crippen LogP contribution in [0.5, 0.6) is 0 Å². The highest BCUT2D eigenvalue weighted by Crippen LogP contribution is 2.17. The summed E-state index contributed by atoms with van der Waals surface area (Å²) in [5, 5.41) is 2.44. The highest BCUT2D eigenvalue weighted by Gasteiger charge is 2.26. The van der Waals surface area contributed by atoms with Crippen LogP contribution in [0.1, 0.15) is 26.7 Å². The Morgan fingerprint density at radius 1 is 1.35 bits per heavy atom.